The molecule has 0 bridgehead atoms. The van der Waals surface area contributed by atoms with Gasteiger partial charge in [-0.3, -0.25) is 4.72 Å². The molecule has 0 saturated heterocycles. The van der Waals surface area contributed by atoms with Crippen LogP contribution < -0.4 is 10.5 Å². The van der Waals surface area contributed by atoms with Gasteiger partial charge in [-0.1, -0.05) is 41.9 Å². The standard InChI is InChI=1S/C15H17ClN2O2S/c1-11-9-14(17)13(16)10-15(11)18-21(19,20)8-7-12-5-3-2-4-6-12/h2-6,9-10,18H,7-8,17H2,1H3. The maximum absolute atomic E-state index is 12.1. The molecule has 2 aromatic rings. The van der Waals surface area contributed by atoms with Gasteiger partial charge in [0.1, 0.15) is 0 Å². The normalized spacial score (nSPS) is 11.3. The van der Waals surface area contributed by atoms with Crippen LogP contribution >= 0.6 is 11.6 Å². The average Bonchev–Trinajstić information content (AvgIpc) is 2.44. The first-order chi connectivity index (χ1) is 9.87. The minimum Gasteiger partial charge on any atom is -0.398 e. The molecule has 0 amide bonds. The number of nitrogens with two attached hydrogens (primary N) is 1. The number of nitrogens with one attached hydrogen (secondary N) is 1. The molecule has 0 aliphatic rings. The molecule has 0 atom stereocenters. The molecular weight excluding hydrogens is 308 g/mol. The summed E-state index contributed by atoms with van der Waals surface area (Å²) in [5.74, 6) is 0.0124. The molecule has 2 rings (SSSR count). The van der Waals surface area contributed by atoms with Crippen molar-refractivity contribution in [3.05, 3.63) is 58.6 Å². The first-order valence-corrected chi connectivity index (χ1v) is 8.50. The smallest absolute Gasteiger partial charge is 0.233 e. The Morgan fingerprint density at radius 1 is 1.19 bits per heavy atom. The first-order valence-electron chi connectivity index (χ1n) is 6.47. The number of hydrogen-bond acceptors (Lipinski definition) is 3. The molecule has 4 nitrogen and oxygen atoms in total. The fraction of sp³-hybridized carbons (Fsp3) is 0.200. The molecule has 0 aliphatic heterocycles. The molecule has 112 valence electrons. The predicted molar refractivity (Wildman–Crippen MR) is 88.2 cm³/mol. The average molecular weight is 325 g/mol. The second-order valence-corrected chi connectivity index (χ2v) is 7.09. The molecule has 0 heterocycles. The maximum atomic E-state index is 12.1. The third-order valence-electron chi connectivity index (χ3n) is 3.11. The minimum atomic E-state index is -3.43. The Bertz CT molecular complexity index is 731. The lowest BCUT2D eigenvalue weighted by atomic mass is 10.2. The number of nitrogen functional groups attached to an aromatic ring is 1. The summed E-state index contributed by atoms with van der Waals surface area (Å²) in [4.78, 5) is 0. The van der Waals surface area contributed by atoms with Crippen molar-refractivity contribution in [1.82, 2.24) is 0 Å². The van der Waals surface area contributed by atoms with Gasteiger partial charge < -0.3 is 5.73 Å². The molecule has 0 aromatic heterocycles. The van der Waals surface area contributed by atoms with Gasteiger partial charge in [0.25, 0.3) is 0 Å². The van der Waals surface area contributed by atoms with Gasteiger partial charge in [0, 0.05) is 0 Å². The number of aryl methyl sites for hydroxylation is 2. The summed E-state index contributed by atoms with van der Waals surface area (Å²) < 4.78 is 26.8. The highest BCUT2D eigenvalue weighted by Gasteiger charge is 2.13. The summed E-state index contributed by atoms with van der Waals surface area (Å²) in [5.41, 5.74) is 8.29. The van der Waals surface area contributed by atoms with E-state index in [9.17, 15) is 8.42 Å². The summed E-state index contributed by atoms with van der Waals surface area (Å²) in [6.07, 6.45) is 0.456. The Balaban J connectivity index is 2.09. The van der Waals surface area contributed by atoms with Crippen molar-refractivity contribution in [2.75, 3.05) is 16.2 Å². The summed E-state index contributed by atoms with van der Waals surface area (Å²) in [6.45, 7) is 1.78. The van der Waals surface area contributed by atoms with Crippen molar-refractivity contribution in [2.24, 2.45) is 0 Å². The highest BCUT2D eigenvalue weighted by molar-refractivity contribution is 7.92. The van der Waals surface area contributed by atoms with Gasteiger partial charge in [-0.2, -0.15) is 0 Å². The molecular formula is C15H17ClN2O2S. The lowest BCUT2D eigenvalue weighted by molar-refractivity contribution is 0.600. The van der Waals surface area contributed by atoms with Gasteiger partial charge in [0.05, 0.1) is 22.2 Å². The van der Waals surface area contributed by atoms with Crippen LogP contribution in [-0.4, -0.2) is 14.2 Å². The van der Waals surface area contributed by atoms with E-state index in [0.29, 0.717) is 22.8 Å². The Morgan fingerprint density at radius 3 is 2.52 bits per heavy atom. The topological polar surface area (TPSA) is 72.2 Å². The van der Waals surface area contributed by atoms with Crippen LogP contribution in [0.5, 0.6) is 0 Å². The van der Waals surface area contributed by atoms with Crippen LogP contribution in [0.4, 0.5) is 11.4 Å². The van der Waals surface area contributed by atoms with Gasteiger partial charge in [-0.05, 0) is 36.6 Å². The summed E-state index contributed by atoms with van der Waals surface area (Å²) in [7, 11) is -3.43. The third-order valence-corrected chi connectivity index (χ3v) is 4.71. The van der Waals surface area contributed by atoms with E-state index < -0.39 is 10.0 Å². The van der Waals surface area contributed by atoms with E-state index in [4.69, 9.17) is 17.3 Å². The van der Waals surface area contributed by atoms with Crippen molar-refractivity contribution < 1.29 is 8.42 Å². The number of hydrogen-bond donors (Lipinski definition) is 2. The van der Waals surface area contributed by atoms with Crippen LogP contribution in [0.25, 0.3) is 0 Å². The molecule has 3 N–H and O–H groups in total. The van der Waals surface area contributed by atoms with Gasteiger partial charge in [-0.25, -0.2) is 8.42 Å². The lowest BCUT2D eigenvalue weighted by Crippen LogP contribution is -2.19. The molecule has 6 heteroatoms. The molecule has 0 aliphatic carbocycles. The molecule has 21 heavy (non-hydrogen) atoms. The lowest BCUT2D eigenvalue weighted by Gasteiger charge is -2.12. The fourth-order valence-corrected chi connectivity index (χ4v) is 3.25. The van der Waals surface area contributed by atoms with E-state index in [1.165, 1.54) is 6.07 Å². The van der Waals surface area contributed by atoms with Crippen molar-refractivity contribution in [3.8, 4) is 0 Å². The zero-order valence-electron chi connectivity index (χ0n) is 11.6. The van der Waals surface area contributed by atoms with Gasteiger partial charge >= 0.3 is 0 Å². The van der Waals surface area contributed by atoms with Crippen molar-refractivity contribution in [3.63, 3.8) is 0 Å². The Morgan fingerprint density at radius 2 is 1.86 bits per heavy atom. The van der Waals surface area contributed by atoms with Crippen LogP contribution in [0.2, 0.25) is 5.02 Å². The first kappa shape index (κ1) is 15.7. The predicted octanol–water partition coefficient (Wildman–Crippen LogP) is 3.22. The zero-order chi connectivity index (χ0) is 15.5. The summed E-state index contributed by atoms with van der Waals surface area (Å²) >= 11 is 5.93. The van der Waals surface area contributed by atoms with E-state index in [2.05, 4.69) is 4.72 Å². The van der Waals surface area contributed by atoms with E-state index >= 15 is 0 Å². The van der Waals surface area contributed by atoms with Gasteiger partial charge in [-0.15, -0.1) is 0 Å². The molecule has 0 spiro atoms. The third kappa shape index (κ3) is 4.37. The monoisotopic (exact) mass is 324 g/mol. The highest BCUT2D eigenvalue weighted by atomic mass is 35.5. The van der Waals surface area contributed by atoms with Crippen molar-refractivity contribution in [1.29, 1.82) is 0 Å². The fourth-order valence-electron chi connectivity index (χ4n) is 1.93. The Labute approximate surface area is 130 Å². The molecule has 0 saturated carbocycles. The van der Waals surface area contributed by atoms with Crippen molar-refractivity contribution >= 4 is 33.0 Å². The van der Waals surface area contributed by atoms with E-state index in [0.717, 1.165) is 11.1 Å². The number of anilines is 2. The van der Waals surface area contributed by atoms with E-state index in [1.807, 2.05) is 30.3 Å². The molecule has 0 unspecified atom stereocenters. The maximum Gasteiger partial charge on any atom is 0.233 e. The van der Waals surface area contributed by atoms with Crippen LogP contribution in [-0.2, 0) is 16.4 Å². The quantitative estimate of drug-likeness (QED) is 0.829. The Hall–Kier alpha value is -1.72. The number of rotatable bonds is 5. The SMILES string of the molecule is Cc1cc(N)c(Cl)cc1NS(=O)(=O)CCc1ccccc1. The van der Waals surface area contributed by atoms with Crippen LogP contribution in [0.3, 0.4) is 0 Å². The van der Waals surface area contributed by atoms with Crippen LogP contribution in [0.1, 0.15) is 11.1 Å². The van der Waals surface area contributed by atoms with Crippen LogP contribution in [0, 0.1) is 6.92 Å². The van der Waals surface area contributed by atoms with E-state index in [1.54, 1.807) is 13.0 Å². The molecule has 0 fully saturated rings. The number of sulfonamides is 1. The second kappa shape index (κ2) is 6.37. The molecule has 0 radical (unpaired) electrons. The van der Waals surface area contributed by atoms with Crippen molar-refractivity contribution in [2.45, 2.75) is 13.3 Å². The van der Waals surface area contributed by atoms with Crippen LogP contribution in [0.15, 0.2) is 42.5 Å². The summed E-state index contributed by atoms with van der Waals surface area (Å²) in [6, 6.07) is 12.7. The second-order valence-electron chi connectivity index (χ2n) is 4.85. The minimum absolute atomic E-state index is 0.0124. The van der Waals surface area contributed by atoms with Gasteiger partial charge in [0.2, 0.25) is 10.0 Å². The number of halogens is 1. The van der Waals surface area contributed by atoms with Gasteiger partial charge in [0.15, 0.2) is 0 Å². The number of benzene rings is 2. The molecule has 2 aromatic carbocycles. The Kier molecular flexibility index (Phi) is 4.75. The zero-order valence-corrected chi connectivity index (χ0v) is 13.2. The summed E-state index contributed by atoms with van der Waals surface area (Å²) in [5, 5.41) is 0.335. The van der Waals surface area contributed by atoms with E-state index in [-0.39, 0.29) is 5.75 Å². The highest BCUT2D eigenvalue weighted by Crippen LogP contribution is 2.27. The largest absolute Gasteiger partial charge is 0.398 e.